The monoisotopic (exact) mass is 331 g/mol. The van der Waals surface area contributed by atoms with Gasteiger partial charge in [0.05, 0.1) is 17.4 Å². The van der Waals surface area contributed by atoms with Gasteiger partial charge in [-0.2, -0.15) is 0 Å². The van der Waals surface area contributed by atoms with Gasteiger partial charge in [-0.15, -0.1) is 0 Å². The molecule has 0 spiro atoms. The molecule has 5 heteroatoms. The van der Waals surface area contributed by atoms with Gasteiger partial charge in [0.15, 0.2) is 0 Å². The third-order valence-corrected chi connectivity index (χ3v) is 4.11. The summed E-state index contributed by atoms with van der Waals surface area (Å²) < 4.78 is 0. The number of aromatic nitrogens is 1. The third kappa shape index (κ3) is 4.70. The molecular formula is C18H22ClN3O. The van der Waals surface area contributed by atoms with Gasteiger partial charge in [0.2, 0.25) is 0 Å². The Bertz CT molecular complexity index is 688. The van der Waals surface area contributed by atoms with Crippen LogP contribution in [0.2, 0.25) is 5.02 Å². The average molecular weight is 332 g/mol. The predicted octanol–water partition coefficient (Wildman–Crippen LogP) is 4.53. The van der Waals surface area contributed by atoms with Gasteiger partial charge in [0.1, 0.15) is 0 Å². The molecule has 1 heterocycles. The zero-order valence-corrected chi connectivity index (χ0v) is 14.5. The van der Waals surface area contributed by atoms with E-state index < -0.39 is 0 Å². The summed E-state index contributed by atoms with van der Waals surface area (Å²) in [6.45, 7) is 5.02. The molecule has 0 unspecified atom stereocenters. The molecule has 1 aromatic heterocycles. The number of rotatable bonds is 6. The van der Waals surface area contributed by atoms with Gasteiger partial charge < -0.3 is 10.2 Å². The van der Waals surface area contributed by atoms with Crippen molar-refractivity contribution in [3.63, 3.8) is 0 Å². The Labute approximate surface area is 142 Å². The molecule has 0 bridgehead atoms. The largest absolute Gasteiger partial charge is 0.373 e. The lowest BCUT2D eigenvalue weighted by atomic mass is 10.2. The molecule has 0 atom stereocenters. The first-order chi connectivity index (χ1) is 11.0. The van der Waals surface area contributed by atoms with Gasteiger partial charge in [-0.1, -0.05) is 31.0 Å². The van der Waals surface area contributed by atoms with Crippen molar-refractivity contribution in [2.45, 2.75) is 26.7 Å². The highest BCUT2D eigenvalue weighted by Crippen LogP contribution is 2.21. The van der Waals surface area contributed by atoms with Crippen molar-refractivity contribution in [2.75, 3.05) is 23.8 Å². The molecular weight excluding hydrogens is 310 g/mol. The first-order valence-corrected chi connectivity index (χ1v) is 8.12. The highest BCUT2D eigenvalue weighted by molar-refractivity contribution is 6.31. The number of nitrogens with zero attached hydrogens (tertiary/aromatic N) is 2. The van der Waals surface area contributed by atoms with Crippen LogP contribution >= 0.6 is 11.6 Å². The zero-order valence-electron chi connectivity index (χ0n) is 13.8. The van der Waals surface area contributed by atoms with Crippen LogP contribution in [0.5, 0.6) is 0 Å². The normalized spacial score (nSPS) is 10.4. The van der Waals surface area contributed by atoms with Gasteiger partial charge in [0.25, 0.3) is 5.91 Å². The fraction of sp³-hybridized carbons (Fsp3) is 0.333. The number of hydrogen-bond donors (Lipinski definition) is 1. The zero-order chi connectivity index (χ0) is 16.8. The predicted molar refractivity (Wildman–Crippen MR) is 96.6 cm³/mol. The van der Waals surface area contributed by atoms with E-state index in [2.05, 4.69) is 22.1 Å². The van der Waals surface area contributed by atoms with Crippen molar-refractivity contribution in [3.05, 3.63) is 52.8 Å². The van der Waals surface area contributed by atoms with Crippen LogP contribution in [0.15, 0.2) is 36.7 Å². The second-order valence-electron chi connectivity index (χ2n) is 5.63. The molecule has 0 aliphatic carbocycles. The molecule has 0 saturated heterocycles. The number of anilines is 2. The Kier molecular flexibility index (Phi) is 5.99. The number of amides is 1. The first-order valence-electron chi connectivity index (χ1n) is 7.75. The van der Waals surface area contributed by atoms with Crippen LogP contribution in [-0.4, -0.2) is 24.5 Å². The quantitative estimate of drug-likeness (QED) is 0.845. The highest BCUT2D eigenvalue weighted by atomic mass is 35.5. The summed E-state index contributed by atoms with van der Waals surface area (Å²) in [4.78, 5) is 18.7. The minimum Gasteiger partial charge on any atom is -0.373 e. The standard InChI is InChI=1S/C18H22ClN3O/c1-4-5-8-22(3)16-9-14(11-20-12-16)18(23)21-15-7-6-13(2)17(19)10-15/h6-7,9-12H,4-5,8H2,1-3H3,(H,21,23). The number of pyridine rings is 1. The van der Waals surface area contributed by atoms with E-state index >= 15 is 0 Å². The summed E-state index contributed by atoms with van der Waals surface area (Å²) in [5.41, 5.74) is 3.12. The fourth-order valence-corrected chi connectivity index (χ4v) is 2.34. The molecule has 1 N–H and O–H groups in total. The molecule has 1 aromatic carbocycles. The number of hydrogen-bond acceptors (Lipinski definition) is 3. The first kappa shape index (κ1) is 17.3. The van der Waals surface area contributed by atoms with Gasteiger partial charge >= 0.3 is 0 Å². The van der Waals surface area contributed by atoms with Crippen molar-refractivity contribution in [1.82, 2.24) is 4.98 Å². The molecule has 122 valence electrons. The van der Waals surface area contributed by atoms with Gasteiger partial charge in [-0.3, -0.25) is 9.78 Å². The van der Waals surface area contributed by atoms with E-state index in [1.165, 1.54) is 0 Å². The maximum Gasteiger partial charge on any atom is 0.257 e. The smallest absolute Gasteiger partial charge is 0.257 e. The lowest BCUT2D eigenvalue weighted by Crippen LogP contribution is -2.19. The van der Waals surface area contributed by atoms with Crippen LogP contribution in [0.25, 0.3) is 0 Å². The van der Waals surface area contributed by atoms with Crippen molar-refractivity contribution in [1.29, 1.82) is 0 Å². The number of unbranched alkanes of at least 4 members (excludes halogenated alkanes) is 1. The number of carbonyl (C=O) groups excluding carboxylic acids is 1. The van der Waals surface area contributed by atoms with E-state index in [0.717, 1.165) is 30.6 Å². The second-order valence-corrected chi connectivity index (χ2v) is 6.03. The van der Waals surface area contributed by atoms with Crippen molar-refractivity contribution >= 4 is 28.9 Å². The number of nitrogens with one attached hydrogen (secondary N) is 1. The third-order valence-electron chi connectivity index (χ3n) is 3.70. The van der Waals surface area contributed by atoms with E-state index in [1.54, 1.807) is 18.5 Å². The molecule has 0 aliphatic rings. The summed E-state index contributed by atoms with van der Waals surface area (Å²) >= 11 is 6.09. The molecule has 2 rings (SSSR count). The van der Waals surface area contributed by atoms with E-state index in [4.69, 9.17) is 11.6 Å². The molecule has 2 aromatic rings. The van der Waals surface area contributed by atoms with Crippen LogP contribution in [-0.2, 0) is 0 Å². The van der Waals surface area contributed by atoms with E-state index in [1.807, 2.05) is 32.2 Å². The number of halogens is 1. The van der Waals surface area contributed by atoms with Crippen LogP contribution in [0.1, 0.15) is 35.7 Å². The van der Waals surface area contributed by atoms with Crippen LogP contribution < -0.4 is 10.2 Å². The molecule has 23 heavy (non-hydrogen) atoms. The Balaban J connectivity index is 2.11. The van der Waals surface area contributed by atoms with Crippen molar-refractivity contribution < 1.29 is 4.79 Å². The molecule has 0 saturated carbocycles. The van der Waals surface area contributed by atoms with Gasteiger partial charge in [-0.05, 0) is 37.1 Å². The Hall–Kier alpha value is -2.07. The van der Waals surface area contributed by atoms with Crippen LogP contribution in [0.4, 0.5) is 11.4 Å². The molecule has 0 radical (unpaired) electrons. The van der Waals surface area contributed by atoms with Crippen molar-refractivity contribution in [2.24, 2.45) is 0 Å². The summed E-state index contributed by atoms with van der Waals surface area (Å²) in [7, 11) is 2.01. The summed E-state index contributed by atoms with van der Waals surface area (Å²) in [5.74, 6) is -0.192. The number of aryl methyl sites for hydroxylation is 1. The summed E-state index contributed by atoms with van der Waals surface area (Å²) in [5, 5.41) is 3.49. The average Bonchev–Trinajstić information content (AvgIpc) is 2.56. The summed E-state index contributed by atoms with van der Waals surface area (Å²) in [6, 6.07) is 7.32. The molecule has 0 aliphatic heterocycles. The minimum absolute atomic E-state index is 0.192. The SMILES string of the molecule is CCCCN(C)c1cncc(C(=O)Nc2ccc(C)c(Cl)c2)c1. The van der Waals surface area contributed by atoms with E-state index in [0.29, 0.717) is 16.3 Å². The molecule has 0 fully saturated rings. The van der Waals surface area contributed by atoms with Crippen LogP contribution in [0, 0.1) is 6.92 Å². The number of carbonyl (C=O) groups is 1. The maximum absolute atomic E-state index is 12.4. The lowest BCUT2D eigenvalue weighted by Gasteiger charge is -2.19. The van der Waals surface area contributed by atoms with Gasteiger partial charge in [-0.25, -0.2) is 0 Å². The second kappa shape index (κ2) is 7.97. The Morgan fingerprint density at radius 2 is 2.09 bits per heavy atom. The topological polar surface area (TPSA) is 45.2 Å². The summed E-state index contributed by atoms with van der Waals surface area (Å²) in [6.07, 6.45) is 5.58. The van der Waals surface area contributed by atoms with Crippen molar-refractivity contribution in [3.8, 4) is 0 Å². The van der Waals surface area contributed by atoms with Gasteiger partial charge in [0, 0.05) is 30.5 Å². The van der Waals surface area contributed by atoms with E-state index in [-0.39, 0.29) is 5.91 Å². The lowest BCUT2D eigenvalue weighted by molar-refractivity contribution is 0.102. The minimum atomic E-state index is -0.192. The fourth-order valence-electron chi connectivity index (χ4n) is 2.16. The highest BCUT2D eigenvalue weighted by Gasteiger charge is 2.10. The molecule has 4 nitrogen and oxygen atoms in total. The number of benzene rings is 1. The Morgan fingerprint density at radius 3 is 2.78 bits per heavy atom. The van der Waals surface area contributed by atoms with Crippen LogP contribution in [0.3, 0.4) is 0 Å². The van der Waals surface area contributed by atoms with E-state index in [9.17, 15) is 4.79 Å². The molecule has 1 amide bonds. The maximum atomic E-state index is 12.4. The Morgan fingerprint density at radius 1 is 1.30 bits per heavy atom.